The van der Waals surface area contributed by atoms with E-state index in [0.717, 1.165) is 80.3 Å². The maximum absolute atomic E-state index is 13.2. The number of halogens is 3. The predicted molar refractivity (Wildman–Crippen MR) is 191 cm³/mol. The molecule has 1 aromatic carbocycles. The smallest absolute Gasteiger partial charge is 0.356 e. The molecule has 0 spiro atoms. The number of piperidine rings is 2. The van der Waals surface area contributed by atoms with Crippen molar-refractivity contribution in [2.24, 2.45) is 11.8 Å². The summed E-state index contributed by atoms with van der Waals surface area (Å²) in [6.07, 6.45) is -1.60. The van der Waals surface area contributed by atoms with E-state index in [1.165, 1.54) is 17.4 Å². The maximum atomic E-state index is 13.2. The molecule has 3 saturated heterocycles. The van der Waals surface area contributed by atoms with Crippen molar-refractivity contribution in [3.63, 3.8) is 0 Å². The third-order valence-corrected chi connectivity index (χ3v) is 13.9. The number of rotatable bonds is 8. The third kappa shape index (κ3) is 7.11. The minimum atomic E-state index is -4.26. The van der Waals surface area contributed by atoms with E-state index in [9.17, 15) is 26.9 Å². The summed E-state index contributed by atoms with van der Waals surface area (Å²) in [5, 5.41) is 11.6. The minimum Gasteiger partial charge on any atom is -0.356 e. The largest absolute Gasteiger partial charge is 0.393 e. The lowest BCUT2D eigenvalue weighted by Crippen LogP contribution is -2.44. The Morgan fingerprint density at radius 3 is 2.46 bits per heavy atom. The van der Waals surface area contributed by atoms with E-state index in [2.05, 4.69) is 56.3 Å². The summed E-state index contributed by atoms with van der Waals surface area (Å²) < 4.78 is 65.7. The number of nitrogens with zero attached hydrogens (tertiary/aromatic N) is 7. The van der Waals surface area contributed by atoms with Gasteiger partial charge in [0, 0.05) is 67.3 Å². The zero-order valence-corrected chi connectivity index (χ0v) is 30.6. The Morgan fingerprint density at radius 2 is 1.76 bits per heavy atom. The number of benzene rings is 1. The Bertz CT molecular complexity index is 2060. The summed E-state index contributed by atoms with van der Waals surface area (Å²) in [6, 6.07) is 10.5. The molecule has 3 fully saturated rings. The van der Waals surface area contributed by atoms with E-state index in [1.54, 1.807) is 13.0 Å². The maximum Gasteiger partial charge on any atom is 0.393 e. The van der Waals surface area contributed by atoms with Crippen molar-refractivity contribution in [1.82, 2.24) is 24.3 Å². The van der Waals surface area contributed by atoms with Gasteiger partial charge < -0.3 is 9.47 Å². The number of anilines is 1. The number of fused-ring (bicyclic) bond motifs is 3. The molecule has 4 aromatic rings. The van der Waals surface area contributed by atoms with Crippen molar-refractivity contribution in [2.75, 3.05) is 50.4 Å². The summed E-state index contributed by atoms with van der Waals surface area (Å²) in [5.41, 5.74) is 4.11. The molecule has 7 rings (SSSR count). The van der Waals surface area contributed by atoms with Crippen LogP contribution >= 0.6 is 11.3 Å². The van der Waals surface area contributed by atoms with E-state index < -0.39 is 22.4 Å². The van der Waals surface area contributed by atoms with E-state index in [-0.39, 0.29) is 16.2 Å². The molecule has 0 bridgehead atoms. The van der Waals surface area contributed by atoms with Crippen molar-refractivity contribution < 1.29 is 21.6 Å². The Labute approximate surface area is 295 Å². The van der Waals surface area contributed by atoms with Gasteiger partial charge in [-0.3, -0.25) is 9.80 Å². The van der Waals surface area contributed by atoms with Crippen LogP contribution in [0.15, 0.2) is 24.3 Å². The highest BCUT2D eigenvalue weighted by Gasteiger charge is 2.38. The number of thiophene rings is 1. The molecule has 0 saturated carbocycles. The van der Waals surface area contributed by atoms with Gasteiger partial charge in [0.15, 0.2) is 0 Å². The zero-order chi connectivity index (χ0) is 35.5. The van der Waals surface area contributed by atoms with Crippen molar-refractivity contribution in [2.45, 2.75) is 77.0 Å². The van der Waals surface area contributed by atoms with Crippen LogP contribution in [-0.2, 0) is 29.3 Å². The van der Waals surface area contributed by atoms with Gasteiger partial charge in [-0.05, 0) is 94.3 Å². The Kier molecular flexibility index (Phi) is 9.41. The summed E-state index contributed by atoms with van der Waals surface area (Å²) in [6.45, 7) is 12.6. The van der Waals surface area contributed by atoms with Gasteiger partial charge in [-0.1, -0.05) is 6.07 Å². The van der Waals surface area contributed by atoms with Crippen molar-refractivity contribution >= 4 is 48.1 Å². The van der Waals surface area contributed by atoms with Crippen LogP contribution in [0.3, 0.4) is 0 Å². The van der Waals surface area contributed by atoms with Crippen LogP contribution in [-0.4, -0.2) is 95.7 Å². The normalized spacial score (nSPS) is 22.0. The molecule has 3 aliphatic heterocycles. The number of nitriles is 1. The average molecular weight is 728 g/mol. The lowest BCUT2D eigenvalue weighted by Gasteiger charge is -2.35. The van der Waals surface area contributed by atoms with Crippen LogP contribution in [0.1, 0.15) is 53.7 Å². The highest BCUT2D eigenvalue weighted by Crippen LogP contribution is 2.39. The van der Waals surface area contributed by atoms with Gasteiger partial charge in [-0.25, -0.2) is 18.4 Å². The van der Waals surface area contributed by atoms with Crippen LogP contribution in [0.4, 0.5) is 19.0 Å². The molecule has 3 aliphatic rings. The van der Waals surface area contributed by atoms with E-state index in [4.69, 9.17) is 4.98 Å². The number of aryl methyl sites for hydroxylation is 2. The molecule has 50 heavy (non-hydrogen) atoms. The predicted octanol–water partition coefficient (Wildman–Crippen LogP) is 6.10. The second kappa shape index (κ2) is 13.4. The number of hydrogen-bond acceptors (Lipinski definition) is 9. The van der Waals surface area contributed by atoms with Crippen LogP contribution in [0, 0.1) is 37.0 Å². The molecule has 0 radical (unpaired) electrons. The molecular formula is C36H44F3N7O2S2. The second-order valence-electron chi connectivity index (χ2n) is 14.7. The summed E-state index contributed by atoms with van der Waals surface area (Å²) in [7, 11) is -3.03. The molecule has 6 heterocycles. The first kappa shape index (κ1) is 35.2. The molecular weight excluding hydrogens is 684 g/mol. The molecule has 2 unspecified atom stereocenters. The van der Waals surface area contributed by atoms with Gasteiger partial charge in [0.05, 0.1) is 17.1 Å². The third-order valence-electron chi connectivity index (χ3n) is 11.2. The van der Waals surface area contributed by atoms with Gasteiger partial charge in [0.25, 0.3) is 0 Å². The van der Waals surface area contributed by atoms with Gasteiger partial charge in [0.2, 0.25) is 0 Å². The fourth-order valence-electron chi connectivity index (χ4n) is 8.52. The van der Waals surface area contributed by atoms with Gasteiger partial charge in [0.1, 0.15) is 38.1 Å². The molecule has 0 N–H and O–H groups in total. The molecule has 0 amide bonds. The van der Waals surface area contributed by atoms with E-state index in [0.29, 0.717) is 53.0 Å². The Balaban J connectivity index is 1.03. The molecule has 3 aromatic heterocycles. The standard InChI is InChI=1S/C36H44F3N7O2S2/c1-22(44-11-8-30(9-12-44)50(4,47)48)17-46-28(16-40)13-31-23(2)25(5-6-33(31)46)18-43-19-26-7-10-45(21-27(26)20-43)34-32-14-29(15-36(37,38)39)49-35(32)42-24(3)41-34/h5-6,13-14,22,26-27,30H,7-12,15,17-21H2,1-4H3/t22-,26?,27?/m0/s1. The van der Waals surface area contributed by atoms with Crippen molar-refractivity contribution in [3.05, 3.63) is 51.8 Å². The van der Waals surface area contributed by atoms with Gasteiger partial charge in [-0.2, -0.15) is 18.4 Å². The number of alkyl halides is 3. The van der Waals surface area contributed by atoms with Gasteiger partial charge in [-0.15, -0.1) is 11.3 Å². The van der Waals surface area contributed by atoms with E-state index in [1.807, 2.05) is 6.07 Å². The first-order chi connectivity index (χ1) is 23.7. The molecule has 14 heteroatoms. The lowest BCUT2D eigenvalue weighted by molar-refractivity contribution is -0.126. The fraction of sp³-hybridized carbons (Fsp3) is 0.583. The quantitative estimate of drug-likeness (QED) is 0.215. The average Bonchev–Trinajstić information content (AvgIpc) is 3.75. The minimum absolute atomic E-state index is 0.162. The molecule has 9 nitrogen and oxygen atoms in total. The molecule has 3 atom stereocenters. The monoisotopic (exact) mass is 727 g/mol. The SMILES string of the molecule is Cc1nc(N2CCC3CN(Cc4ccc5c(cc(C#N)n5C[C@H](C)N5CCC(S(C)(=O)=O)CC5)c4C)CC3C2)c2cc(CC(F)(F)F)sc2n1. The van der Waals surface area contributed by atoms with Gasteiger partial charge >= 0.3 is 6.18 Å². The highest BCUT2D eigenvalue weighted by molar-refractivity contribution is 7.91. The lowest BCUT2D eigenvalue weighted by atomic mass is 9.88. The summed E-state index contributed by atoms with van der Waals surface area (Å²) >= 11 is 1.11. The fourth-order valence-corrected chi connectivity index (χ4v) is 10.7. The number of likely N-dealkylation sites (tertiary alicyclic amines) is 2. The number of sulfone groups is 1. The number of hydrogen-bond donors (Lipinski definition) is 0. The topological polar surface area (TPSA) is 98.4 Å². The summed E-state index contributed by atoms with van der Waals surface area (Å²) in [5.74, 6) is 2.31. The number of aromatic nitrogens is 3. The summed E-state index contributed by atoms with van der Waals surface area (Å²) in [4.78, 5) is 17.2. The zero-order valence-electron chi connectivity index (χ0n) is 29.0. The highest BCUT2D eigenvalue weighted by atomic mass is 32.2. The Hall–Kier alpha value is -3.25. The molecule has 268 valence electrons. The second-order valence-corrected chi connectivity index (χ2v) is 18.2. The van der Waals surface area contributed by atoms with E-state index >= 15 is 0 Å². The van der Waals surface area contributed by atoms with Crippen LogP contribution in [0.5, 0.6) is 0 Å². The first-order valence-electron chi connectivity index (χ1n) is 17.4. The van der Waals surface area contributed by atoms with Crippen LogP contribution in [0.25, 0.3) is 21.1 Å². The van der Waals surface area contributed by atoms with Crippen LogP contribution < -0.4 is 4.90 Å². The molecule has 0 aliphatic carbocycles. The first-order valence-corrected chi connectivity index (χ1v) is 20.2. The Morgan fingerprint density at radius 1 is 1.02 bits per heavy atom. The van der Waals surface area contributed by atoms with Crippen molar-refractivity contribution in [1.29, 1.82) is 5.26 Å². The van der Waals surface area contributed by atoms with Crippen molar-refractivity contribution in [3.8, 4) is 6.07 Å². The van der Waals surface area contributed by atoms with Crippen LogP contribution in [0.2, 0.25) is 0 Å².